The van der Waals surface area contributed by atoms with E-state index in [9.17, 15) is 0 Å². The zero-order chi connectivity index (χ0) is 14.8. The summed E-state index contributed by atoms with van der Waals surface area (Å²) < 4.78 is 0. The number of hydrogen-bond donors (Lipinski definition) is 1. The summed E-state index contributed by atoms with van der Waals surface area (Å²) >= 11 is 11.8. The molecule has 2 N–H and O–H groups in total. The fourth-order valence-electron chi connectivity index (χ4n) is 2.43. The van der Waals surface area contributed by atoms with Gasteiger partial charge in [0.1, 0.15) is 11.0 Å². The molecular weight excluding hydrogens is 309 g/mol. The molecule has 1 aliphatic heterocycles. The van der Waals surface area contributed by atoms with Crippen LogP contribution in [0.5, 0.6) is 0 Å². The molecule has 0 amide bonds. The van der Waals surface area contributed by atoms with Crippen LogP contribution < -0.4 is 15.5 Å². The second-order valence-corrected chi connectivity index (χ2v) is 5.68. The minimum Gasteiger partial charge on any atom is -0.368 e. The number of benzene rings is 1. The van der Waals surface area contributed by atoms with Crippen LogP contribution in [0.2, 0.25) is 10.2 Å². The smallest absolute Gasteiger partial charge is 0.223 e. The van der Waals surface area contributed by atoms with E-state index in [0.717, 1.165) is 37.0 Å². The second kappa shape index (κ2) is 5.95. The summed E-state index contributed by atoms with van der Waals surface area (Å²) in [5, 5.41) is 1.13. The van der Waals surface area contributed by atoms with Crippen molar-refractivity contribution in [2.45, 2.75) is 0 Å². The highest BCUT2D eigenvalue weighted by Crippen LogP contribution is 2.22. The second-order valence-electron chi connectivity index (χ2n) is 4.86. The Morgan fingerprint density at radius 1 is 0.905 bits per heavy atom. The third-order valence-electron chi connectivity index (χ3n) is 3.49. The van der Waals surface area contributed by atoms with Crippen LogP contribution in [0, 0.1) is 0 Å². The van der Waals surface area contributed by atoms with E-state index in [1.165, 1.54) is 5.69 Å². The van der Waals surface area contributed by atoms with E-state index < -0.39 is 0 Å². The molecule has 0 spiro atoms. The van der Waals surface area contributed by atoms with Crippen LogP contribution in [0.15, 0.2) is 30.3 Å². The lowest BCUT2D eigenvalue weighted by molar-refractivity contribution is 0.647. The van der Waals surface area contributed by atoms with E-state index in [1.54, 1.807) is 6.07 Å². The van der Waals surface area contributed by atoms with E-state index in [4.69, 9.17) is 28.9 Å². The molecule has 3 rings (SSSR count). The molecule has 0 radical (unpaired) electrons. The third kappa shape index (κ3) is 3.31. The van der Waals surface area contributed by atoms with Gasteiger partial charge >= 0.3 is 0 Å². The predicted molar refractivity (Wildman–Crippen MR) is 87.3 cm³/mol. The molecule has 1 aromatic heterocycles. The van der Waals surface area contributed by atoms with Crippen molar-refractivity contribution in [1.82, 2.24) is 9.97 Å². The minimum absolute atomic E-state index is 0.206. The van der Waals surface area contributed by atoms with Crippen molar-refractivity contribution in [3.63, 3.8) is 0 Å². The molecule has 0 atom stereocenters. The summed E-state index contributed by atoms with van der Waals surface area (Å²) in [4.78, 5) is 12.6. The number of halogens is 2. The Kier molecular flexibility index (Phi) is 4.03. The summed E-state index contributed by atoms with van der Waals surface area (Å²) in [5.74, 6) is 0.987. The van der Waals surface area contributed by atoms with Gasteiger partial charge in [-0.15, -0.1) is 0 Å². The lowest BCUT2D eigenvalue weighted by atomic mass is 10.2. The molecule has 0 unspecified atom stereocenters. The predicted octanol–water partition coefficient (Wildman–Crippen LogP) is 2.69. The van der Waals surface area contributed by atoms with Gasteiger partial charge in [-0.25, -0.2) is 4.98 Å². The van der Waals surface area contributed by atoms with Crippen molar-refractivity contribution in [2.75, 3.05) is 41.7 Å². The summed E-state index contributed by atoms with van der Waals surface area (Å²) in [7, 11) is 0. The molecule has 5 nitrogen and oxygen atoms in total. The Morgan fingerprint density at radius 3 is 2.14 bits per heavy atom. The molecule has 2 heterocycles. The number of nitrogens with two attached hydrogens (primary N) is 1. The van der Waals surface area contributed by atoms with Crippen LogP contribution in [0.3, 0.4) is 0 Å². The van der Waals surface area contributed by atoms with Crippen molar-refractivity contribution in [2.24, 2.45) is 0 Å². The van der Waals surface area contributed by atoms with Crippen LogP contribution in [0.4, 0.5) is 17.5 Å². The number of piperazine rings is 1. The Hall–Kier alpha value is -1.72. The fourth-order valence-corrected chi connectivity index (χ4v) is 2.74. The molecule has 0 saturated carbocycles. The first-order chi connectivity index (χ1) is 10.1. The minimum atomic E-state index is 0.206. The van der Waals surface area contributed by atoms with Crippen molar-refractivity contribution >= 4 is 40.7 Å². The van der Waals surface area contributed by atoms with Crippen molar-refractivity contribution in [3.05, 3.63) is 40.5 Å². The van der Waals surface area contributed by atoms with Gasteiger partial charge in [-0.3, -0.25) is 0 Å². The number of rotatable bonds is 2. The average molecular weight is 324 g/mol. The fraction of sp³-hybridized carbons (Fsp3) is 0.286. The van der Waals surface area contributed by atoms with Crippen molar-refractivity contribution < 1.29 is 0 Å². The Bertz CT molecular complexity index is 604. The van der Waals surface area contributed by atoms with Gasteiger partial charge in [0, 0.05) is 43.0 Å². The van der Waals surface area contributed by atoms with Gasteiger partial charge in [-0.05, 0) is 24.3 Å². The molecule has 7 heteroatoms. The maximum atomic E-state index is 5.93. The molecule has 1 aliphatic rings. The van der Waals surface area contributed by atoms with Gasteiger partial charge in [0.15, 0.2) is 0 Å². The normalized spacial score (nSPS) is 15.3. The molecule has 21 heavy (non-hydrogen) atoms. The molecule has 0 bridgehead atoms. The van der Waals surface area contributed by atoms with E-state index in [1.807, 2.05) is 24.3 Å². The number of nitrogen functional groups attached to an aromatic ring is 1. The molecule has 1 aromatic carbocycles. The number of hydrogen-bond acceptors (Lipinski definition) is 5. The molecule has 1 fully saturated rings. The molecule has 0 aliphatic carbocycles. The van der Waals surface area contributed by atoms with Crippen LogP contribution in [0.25, 0.3) is 0 Å². The van der Waals surface area contributed by atoms with Gasteiger partial charge in [-0.1, -0.05) is 23.2 Å². The van der Waals surface area contributed by atoms with E-state index >= 15 is 0 Å². The van der Waals surface area contributed by atoms with Crippen molar-refractivity contribution in [1.29, 1.82) is 0 Å². The number of nitrogens with zero attached hydrogens (tertiary/aromatic N) is 4. The van der Waals surface area contributed by atoms with E-state index in [-0.39, 0.29) is 5.95 Å². The average Bonchev–Trinajstić information content (AvgIpc) is 2.47. The molecule has 2 aromatic rings. The zero-order valence-electron chi connectivity index (χ0n) is 11.3. The summed E-state index contributed by atoms with van der Waals surface area (Å²) in [6, 6.07) is 9.65. The number of anilines is 3. The zero-order valence-corrected chi connectivity index (χ0v) is 12.8. The van der Waals surface area contributed by atoms with Crippen LogP contribution in [0.1, 0.15) is 0 Å². The van der Waals surface area contributed by atoms with E-state index in [0.29, 0.717) is 5.15 Å². The molecular formula is C14H15Cl2N5. The van der Waals surface area contributed by atoms with Gasteiger partial charge in [0.25, 0.3) is 0 Å². The van der Waals surface area contributed by atoms with Gasteiger partial charge in [0.05, 0.1) is 0 Å². The molecule has 110 valence electrons. The Labute approximate surface area is 133 Å². The van der Waals surface area contributed by atoms with E-state index in [2.05, 4.69) is 19.8 Å². The largest absolute Gasteiger partial charge is 0.368 e. The highest BCUT2D eigenvalue weighted by atomic mass is 35.5. The lowest BCUT2D eigenvalue weighted by Gasteiger charge is -2.36. The topological polar surface area (TPSA) is 58.3 Å². The molecule has 1 saturated heterocycles. The highest BCUT2D eigenvalue weighted by molar-refractivity contribution is 6.30. The third-order valence-corrected chi connectivity index (χ3v) is 3.94. The highest BCUT2D eigenvalue weighted by Gasteiger charge is 2.19. The van der Waals surface area contributed by atoms with Gasteiger partial charge in [-0.2, -0.15) is 4.98 Å². The van der Waals surface area contributed by atoms with Crippen LogP contribution in [-0.2, 0) is 0 Å². The van der Waals surface area contributed by atoms with Gasteiger partial charge < -0.3 is 15.5 Å². The SMILES string of the molecule is Nc1nc(Cl)cc(N2CCN(c3ccc(Cl)cc3)CC2)n1. The first-order valence-corrected chi connectivity index (χ1v) is 7.43. The van der Waals surface area contributed by atoms with Gasteiger partial charge in [0.2, 0.25) is 5.95 Å². The maximum absolute atomic E-state index is 5.93. The Balaban J connectivity index is 1.68. The van der Waals surface area contributed by atoms with Crippen molar-refractivity contribution in [3.8, 4) is 0 Å². The van der Waals surface area contributed by atoms with Crippen LogP contribution in [-0.4, -0.2) is 36.1 Å². The van der Waals surface area contributed by atoms with Crippen LogP contribution >= 0.6 is 23.2 Å². The monoisotopic (exact) mass is 323 g/mol. The lowest BCUT2D eigenvalue weighted by Crippen LogP contribution is -2.46. The Morgan fingerprint density at radius 2 is 1.52 bits per heavy atom. The summed E-state index contributed by atoms with van der Waals surface area (Å²) in [5.41, 5.74) is 6.82. The first kappa shape index (κ1) is 14.2. The summed E-state index contributed by atoms with van der Waals surface area (Å²) in [6.07, 6.45) is 0. The standard InChI is InChI=1S/C14H15Cl2N5/c15-10-1-3-11(4-2-10)20-5-7-21(8-6-20)13-9-12(16)18-14(17)19-13/h1-4,9H,5-8H2,(H2,17,18,19). The number of aromatic nitrogens is 2. The first-order valence-electron chi connectivity index (χ1n) is 6.67. The summed E-state index contributed by atoms with van der Waals surface area (Å²) in [6.45, 7) is 3.52. The quantitative estimate of drug-likeness (QED) is 0.861. The maximum Gasteiger partial charge on any atom is 0.223 e.